The average Bonchev–Trinajstić information content (AvgIpc) is 2.71. The van der Waals surface area contributed by atoms with E-state index in [1.165, 1.54) is 7.11 Å². The Kier molecular flexibility index (Phi) is 5.91. The molecule has 0 bridgehead atoms. The number of halogens is 1. The van der Waals surface area contributed by atoms with E-state index >= 15 is 0 Å². The number of Topliss-reactive ketones (excluding diaryl/α,β-unsaturated/α-hetero) is 1. The maximum atomic E-state index is 13.4. The van der Waals surface area contributed by atoms with Gasteiger partial charge in [0.25, 0.3) is 0 Å². The molecule has 1 aliphatic heterocycles. The summed E-state index contributed by atoms with van der Waals surface area (Å²) in [6, 6.07) is 12.3. The first-order valence-corrected chi connectivity index (χ1v) is 9.43. The number of methoxy groups -OCH3 is 2. The van der Waals surface area contributed by atoms with Gasteiger partial charge < -0.3 is 19.7 Å². The van der Waals surface area contributed by atoms with Crippen molar-refractivity contribution in [3.63, 3.8) is 0 Å². The Morgan fingerprint density at radius 3 is 2.46 bits per heavy atom. The first-order valence-electron chi connectivity index (χ1n) is 8.65. The normalized spacial score (nSPS) is 16.7. The first kappa shape index (κ1) is 20.2. The van der Waals surface area contributed by atoms with Crippen LogP contribution in [0.15, 0.2) is 53.7 Å². The first-order chi connectivity index (χ1) is 13.4. The molecular weight excluding hydrogens is 396 g/mol. The van der Waals surface area contributed by atoms with E-state index in [0.29, 0.717) is 32.8 Å². The zero-order valence-corrected chi connectivity index (χ0v) is 17.6. The van der Waals surface area contributed by atoms with E-state index in [2.05, 4.69) is 5.32 Å². The van der Waals surface area contributed by atoms with Crippen LogP contribution in [-0.2, 0) is 0 Å². The van der Waals surface area contributed by atoms with Crippen LogP contribution in [0.3, 0.4) is 0 Å². The van der Waals surface area contributed by atoms with Crippen LogP contribution in [0.25, 0.3) is 0 Å². The Morgan fingerprint density at radius 1 is 1.18 bits per heavy atom. The van der Waals surface area contributed by atoms with Crippen LogP contribution in [0.1, 0.15) is 28.9 Å². The molecule has 1 aliphatic rings. The van der Waals surface area contributed by atoms with E-state index in [4.69, 9.17) is 33.3 Å². The molecule has 7 heteroatoms. The lowest BCUT2D eigenvalue weighted by Gasteiger charge is -2.36. The van der Waals surface area contributed by atoms with Crippen molar-refractivity contribution in [3.05, 3.63) is 69.9 Å². The monoisotopic (exact) mass is 416 g/mol. The van der Waals surface area contributed by atoms with Gasteiger partial charge in [-0.25, -0.2) is 0 Å². The Morgan fingerprint density at radius 2 is 1.86 bits per heavy atom. The number of hydrogen-bond acceptors (Lipinski definition) is 4. The third kappa shape index (κ3) is 3.57. The van der Waals surface area contributed by atoms with Crippen LogP contribution in [-0.4, -0.2) is 37.1 Å². The molecule has 1 atom stereocenters. The molecule has 2 aromatic carbocycles. The number of carbonyl (C=O) groups is 1. The standard InChI is InChI=1S/C21H21ClN2O3S/c1-12-17(19(25)13-8-6-5-7-9-13)18(23-21(28)24(12)2)14-10-15(22)20(27-4)16(11-14)26-3/h5-11,18H,1-4H3,(H,23,28). The van der Waals surface area contributed by atoms with Crippen molar-refractivity contribution in [1.82, 2.24) is 10.2 Å². The van der Waals surface area contributed by atoms with Crippen LogP contribution in [0.4, 0.5) is 0 Å². The number of nitrogens with zero attached hydrogens (tertiary/aromatic N) is 1. The largest absolute Gasteiger partial charge is 0.493 e. The van der Waals surface area contributed by atoms with E-state index in [0.717, 1.165) is 11.3 Å². The number of ether oxygens (including phenoxy) is 2. The number of hydrogen-bond donors (Lipinski definition) is 1. The Balaban J connectivity index is 2.17. The van der Waals surface area contributed by atoms with Crippen molar-refractivity contribution in [1.29, 1.82) is 0 Å². The lowest BCUT2D eigenvalue weighted by molar-refractivity contribution is 0.102. The molecule has 146 valence electrons. The minimum absolute atomic E-state index is 0.0733. The number of rotatable bonds is 5. The number of allylic oxidation sites excluding steroid dienone is 1. The zero-order valence-electron chi connectivity index (χ0n) is 16.1. The molecule has 1 heterocycles. The summed E-state index contributed by atoms with van der Waals surface area (Å²) in [4.78, 5) is 15.1. The van der Waals surface area contributed by atoms with Gasteiger partial charge in [0.05, 0.1) is 25.3 Å². The van der Waals surface area contributed by atoms with Crippen LogP contribution in [0.2, 0.25) is 5.02 Å². The zero-order chi connectivity index (χ0) is 20.4. The number of benzene rings is 2. The molecule has 1 unspecified atom stereocenters. The Hall–Kier alpha value is -2.57. The Labute approximate surface area is 174 Å². The summed E-state index contributed by atoms with van der Waals surface area (Å²) in [6.45, 7) is 1.89. The van der Waals surface area contributed by atoms with Crippen molar-refractivity contribution < 1.29 is 14.3 Å². The van der Waals surface area contributed by atoms with Gasteiger partial charge in [-0.1, -0.05) is 41.9 Å². The molecule has 0 saturated heterocycles. The highest BCUT2D eigenvalue weighted by molar-refractivity contribution is 7.80. The fourth-order valence-electron chi connectivity index (χ4n) is 3.23. The smallest absolute Gasteiger partial charge is 0.193 e. The summed E-state index contributed by atoms with van der Waals surface area (Å²) >= 11 is 11.9. The second kappa shape index (κ2) is 8.20. The maximum Gasteiger partial charge on any atom is 0.193 e. The predicted octanol–water partition coefficient (Wildman–Crippen LogP) is 4.38. The van der Waals surface area contributed by atoms with E-state index in [1.54, 1.807) is 30.2 Å². The minimum Gasteiger partial charge on any atom is -0.493 e. The van der Waals surface area contributed by atoms with Crippen molar-refractivity contribution in [2.24, 2.45) is 0 Å². The summed E-state index contributed by atoms with van der Waals surface area (Å²) in [5, 5.41) is 4.18. The highest BCUT2D eigenvalue weighted by Gasteiger charge is 2.33. The summed E-state index contributed by atoms with van der Waals surface area (Å²) in [5.41, 5.74) is 2.76. The third-order valence-corrected chi connectivity index (χ3v) is 5.50. The fourth-order valence-corrected chi connectivity index (χ4v) is 3.78. The van der Waals surface area contributed by atoms with E-state index in [-0.39, 0.29) is 5.78 Å². The molecule has 0 fully saturated rings. The van der Waals surface area contributed by atoms with Crippen molar-refractivity contribution in [3.8, 4) is 11.5 Å². The predicted molar refractivity (Wildman–Crippen MR) is 114 cm³/mol. The molecule has 3 rings (SSSR count). The second-order valence-corrected chi connectivity index (χ2v) is 7.17. The molecule has 28 heavy (non-hydrogen) atoms. The molecule has 2 aromatic rings. The van der Waals surface area contributed by atoms with Gasteiger partial charge >= 0.3 is 0 Å². The van der Waals surface area contributed by atoms with Crippen molar-refractivity contribution in [2.45, 2.75) is 13.0 Å². The molecule has 1 N–H and O–H groups in total. The SMILES string of the molecule is COc1cc(C2NC(=S)N(C)C(C)=C2C(=O)c2ccccc2)cc(Cl)c1OC. The quantitative estimate of drug-likeness (QED) is 0.576. The summed E-state index contributed by atoms with van der Waals surface area (Å²) in [5.74, 6) is 0.858. The molecule has 0 radical (unpaired) electrons. The van der Waals surface area contributed by atoms with E-state index in [1.807, 2.05) is 38.2 Å². The molecule has 0 saturated carbocycles. The van der Waals surface area contributed by atoms with Gasteiger partial charge in [-0.2, -0.15) is 0 Å². The lowest BCUT2D eigenvalue weighted by Crippen LogP contribution is -2.45. The molecule has 0 aromatic heterocycles. The summed E-state index contributed by atoms with van der Waals surface area (Å²) in [6.07, 6.45) is 0. The molecule has 5 nitrogen and oxygen atoms in total. The number of carbonyl (C=O) groups excluding carboxylic acids is 1. The van der Waals surface area contributed by atoms with E-state index in [9.17, 15) is 4.79 Å². The van der Waals surface area contributed by atoms with Gasteiger partial charge in [-0.15, -0.1) is 0 Å². The highest BCUT2D eigenvalue weighted by atomic mass is 35.5. The molecule has 0 aliphatic carbocycles. The number of nitrogens with one attached hydrogen (secondary N) is 1. The Bertz CT molecular complexity index is 960. The summed E-state index contributed by atoms with van der Waals surface area (Å²) < 4.78 is 10.7. The van der Waals surface area contributed by atoms with E-state index < -0.39 is 6.04 Å². The van der Waals surface area contributed by atoms with Gasteiger partial charge in [-0.05, 0) is 36.8 Å². The third-order valence-electron chi connectivity index (χ3n) is 4.82. The van der Waals surface area contributed by atoms with Crippen molar-refractivity contribution >= 4 is 34.7 Å². The van der Waals surface area contributed by atoms with Gasteiger partial charge in [-0.3, -0.25) is 4.79 Å². The van der Waals surface area contributed by atoms with Crippen LogP contribution in [0.5, 0.6) is 11.5 Å². The molecule has 0 spiro atoms. The van der Waals surface area contributed by atoms with Crippen LogP contribution >= 0.6 is 23.8 Å². The second-order valence-electron chi connectivity index (χ2n) is 6.37. The van der Waals surface area contributed by atoms with Crippen molar-refractivity contribution in [2.75, 3.05) is 21.3 Å². The van der Waals surface area contributed by atoms with Gasteiger partial charge in [0, 0.05) is 23.9 Å². The lowest BCUT2D eigenvalue weighted by atomic mass is 9.89. The van der Waals surface area contributed by atoms with Crippen LogP contribution in [0, 0.1) is 0 Å². The highest BCUT2D eigenvalue weighted by Crippen LogP contribution is 2.41. The molecule has 0 amide bonds. The van der Waals surface area contributed by atoms with Gasteiger partial charge in [0.2, 0.25) is 0 Å². The number of ketones is 1. The molecular formula is C21H21ClN2O3S. The van der Waals surface area contributed by atoms with Gasteiger partial charge in [0.1, 0.15) is 0 Å². The summed E-state index contributed by atoms with van der Waals surface area (Å²) in [7, 11) is 4.91. The van der Waals surface area contributed by atoms with Gasteiger partial charge in [0.15, 0.2) is 22.4 Å². The fraction of sp³-hybridized carbons (Fsp3) is 0.238. The average molecular weight is 417 g/mol. The minimum atomic E-state index is -0.464. The maximum absolute atomic E-state index is 13.4. The topological polar surface area (TPSA) is 50.8 Å². The van der Waals surface area contributed by atoms with Crippen LogP contribution < -0.4 is 14.8 Å². The number of thiocarbonyl (C=S) groups is 1.